The summed E-state index contributed by atoms with van der Waals surface area (Å²) < 4.78 is 13.2. The maximum Gasteiger partial charge on any atom is 0.165 e. The summed E-state index contributed by atoms with van der Waals surface area (Å²) in [4.78, 5) is 4.04. The van der Waals surface area contributed by atoms with Gasteiger partial charge in [0.25, 0.3) is 0 Å². The van der Waals surface area contributed by atoms with Crippen molar-refractivity contribution in [1.82, 2.24) is 14.8 Å². The van der Waals surface area contributed by atoms with E-state index in [2.05, 4.69) is 10.1 Å². The lowest BCUT2D eigenvalue weighted by Gasteiger charge is -2.19. The highest BCUT2D eigenvalue weighted by atomic mass is 16.5. The number of methoxy groups -OCH3 is 1. The van der Waals surface area contributed by atoms with Crippen LogP contribution in [-0.4, -0.2) is 32.6 Å². The molecule has 2 aromatic carbocycles. The van der Waals surface area contributed by atoms with Crippen molar-refractivity contribution in [2.45, 2.75) is 38.9 Å². The van der Waals surface area contributed by atoms with E-state index in [0.717, 1.165) is 28.9 Å². The highest BCUT2D eigenvalue weighted by Crippen LogP contribution is 2.44. The second-order valence-electron chi connectivity index (χ2n) is 7.97. The largest absolute Gasteiger partial charge is 0.493 e. The quantitative estimate of drug-likeness (QED) is 0.711. The van der Waals surface area contributed by atoms with Crippen LogP contribution >= 0.6 is 0 Å². The van der Waals surface area contributed by atoms with Gasteiger partial charge in [0.1, 0.15) is 24.4 Å². The van der Waals surface area contributed by atoms with Gasteiger partial charge in [0.2, 0.25) is 0 Å². The summed E-state index contributed by atoms with van der Waals surface area (Å²) in [5.41, 5.74) is 4.19. The van der Waals surface area contributed by atoms with Crippen molar-refractivity contribution in [3.63, 3.8) is 0 Å². The van der Waals surface area contributed by atoms with E-state index in [9.17, 15) is 5.11 Å². The summed E-state index contributed by atoms with van der Waals surface area (Å²) in [6, 6.07) is 11.9. The summed E-state index contributed by atoms with van der Waals surface area (Å²) >= 11 is 0. The fourth-order valence-electron chi connectivity index (χ4n) is 3.63. The maximum atomic E-state index is 11.3. The zero-order valence-electron chi connectivity index (χ0n) is 17.1. The second kappa shape index (κ2) is 7.37. The molecule has 2 heterocycles. The highest BCUT2D eigenvalue weighted by molar-refractivity contribution is 5.74. The molecule has 0 bridgehead atoms. The molecule has 1 aliphatic rings. The van der Waals surface area contributed by atoms with Gasteiger partial charge >= 0.3 is 0 Å². The third-order valence-corrected chi connectivity index (χ3v) is 5.04. The molecule has 1 aromatic heterocycles. The first-order valence-corrected chi connectivity index (χ1v) is 9.57. The standard InChI is InChI=1S/C23H25N3O3/c1-15-5-7-16(8-6-15)9-19(26-14-24-13-25-26)21(27)17-10-18-12-23(2,3)29-22(18)20(11-17)28-4/h5-11,13-14,21,27H,12H2,1-4H3. The second-order valence-corrected chi connectivity index (χ2v) is 7.97. The van der Waals surface area contributed by atoms with E-state index in [1.807, 2.05) is 63.2 Å². The molecular formula is C23H25N3O3. The van der Waals surface area contributed by atoms with Gasteiger partial charge in [-0.1, -0.05) is 29.8 Å². The number of nitrogens with zero attached hydrogens (tertiary/aromatic N) is 3. The van der Waals surface area contributed by atoms with Crippen LogP contribution in [0.3, 0.4) is 0 Å². The number of benzene rings is 2. The average Bonchev–Trinajstić information content (AvgIpc) is 3.32. The molecule has 29 heavy (non-hydrogen) atoms. The Morgan fingerprint density at radius 2 is 2.03 bits per heavy atom. The van der Waals surface area contributed by atoms with E-state index in [1.54, 1.807) is 18.1 Å². The Morgan fingerprint density at radius 3 is 2.69 bits per heavy atom. The summed E-state index contributed by atoms with van der Waals surface area (Å²) in [6.45, 7) is 6.13. The topological polar surface area (TPSA) is 69.4 Å². The molecule has 0 saturated heterocycles. The summed E-state index contributed by atoms with van der Waals surface area (Å²) in [5.74, 6) is 1.37. The van der Waals surface area contributed by atoms with E-state index in [4.69, 9.17) is 9.47 Å². The van der Waals surface area contributed by atoms with Gasteiger partial charge in [0.15, 0.2) is 11.5 Å². The van der Waals surface area contributed by atoms with Crippen LogP contribution in [0.15, 0.2) is 49.1 Å². The van der Waals surface area contributed by atoms with Crippen molar-refractivity contribution < 1.29 is 14.6 Å². The molecular weight excluding hydrogens is 366 g/mol. The molecule has 6 nitrogen and oxygen atoms in total. The molecule has 3 aromatic rings. The van der Waals surface area contributed by atoms with Gasteiger partial charge in [0, 0.05) is 12.0 Å². The minimum absolute atomic E-state index is 0.300. The Morgan fingerprint density at radius 1 is 1.28 bits per heavy atom. The smallest absolute Gasteiger partial charge is 0.165 e. The van der Waals surface area contributed by atoms with E-state index >= 15 is 0 Å². The zero-order chi connectivity index (χ0) is 20.6. The molecule has 4 rings (SSSR count). The predicted octanol–water partition coefficient (Wildman–Crippen LogP) is 4.04. The van der Waals surface area contributed by atoms with Crippen LogP contribution in [0.4, 0.5) is 0 Å². The van der Waals surface area contributed by atoms with Crippen LogP contribution in [0, 0.1) is 6.92 Å². The van der Waals surface area contributed by atoms with Crippen LogP contribution < -0.4 is 9.47 Å². The lowest BCUT2D eigenvalue weighted by Crippen LogP contribution is -2.24. The van der Waals surface area contributed by atoms with E-state index in [0.29, 0.717) is 11.4 Å². The summed E-state index contributed by atoms with van der Waals surface area (Å²) in [5, 5.41) is 15.5. The number of hydrogen-bond acceptors (Lipinski definition) is 5. The Balaban J connectivity index is 1.78. The number of fused-ring (bicyclic) bond motifs is 1. The van der Waals surface area contributed by atoms with E-state index in [1.165, 1.54) is 11.9 Å². The third-order valence-electron chi connectivity index (χ3n) is 5.04. The minimum Gasteiger partial charge on any atom is -0.493 e. The van der Waals surface area contributed by atoms with Gasteiger partial charge < -0.3 is 14.6 Å². The van der Waals surface area contributed by atoms with Crippen molar-refractivity contribution in [1.29, 1.82) is 0 Å². The first-order valence-electron chi connectivity index (χ1n) is 9.57. The molecule has 0 spiro atoms. The van der Waals surface area contributed by atoms with Crippen molar-refractivity contribution in [2.75, 3.05) is 7.11 Å². The number of hydrogen-bond donors (Lipinski definition) is 1. The van der Waals surface area contributed by atoms with Crippen LogP contribution in [0.2, 0.25) is 0 Å². The number of ether oxygens (including phenoxy) is 2. The normalized spacial score (nSPS) is 16.2. The Bertz CT molecular complexity index is 1040. The lowest BCUT2D eigenvalue weighted by molar-refractivity contribution is 0.134. The van der Waals surface area contributed by atoms with Crippen molar-refractivity contribution >= 4 is 11.8 Å². The zero-order valence-corrected chi connectivity index (χ0v) is 17.1. The van der Waals surface area contributed by atoms with Crippen molar-refractivity contribution in [3.8, 4) is 11.5 Å². The molecule has 1 aliphatic heterocycles. The van der Waals surface area contributed by atoms with Gasteiger partial charge in [-0.3, -0.25) is 0 Å². The van der Waals surface area contributed by atoms with E-state index < -0.39 is 6.10 Å². The van der Waals surface area contributed by atoms with Crippen LogP contribution in [0.1, 0.15) is 42.2 Å². The minimum atomic E-state index is -0.916. The van der Waals surface area contributed by atoms with Crippen LogP contribution in [-0.2, 0) is 6.42 Å². The fraction of sp³-hybridized carbons (Fsp3) is 0.304. The molecule has 150 valence electrons. The molecule has 0 amide bonds. The van der Waals surface area contributed by atoms with Gasteiger partial charge in [0.05, 0.1) is 12.8 Å². The predicted molar refractivity (Wildman–Crippen MR) is 112 cm³/mol. The highest BCUT2D eigenvalue weighted by Gasteiger charge is 2.34. The molecule has 0 fully saturated rings. The number of aliphatic hydroxyl groups excluding tert-OH is 1. The first kappa shape index (κ1) is 19.2. The summed E-state index contributed by atoms with van der Waals surface area (Å²) in [6.07, 6.45) is 4.79. The summed E-state index contributed by atoms with van der Waals surface area (Å²) in [7, 11) is 1.61. The first-order chi connectivity index (χ1) is 13.9. The van der Waals surface area contributed by atoms with Gasteiger partial charge in [-0.15, -0.1) is 0 Å². The monoisotopic (exact) mass is 391 g/mol. The van der Waals surface area contributed by atoms with Gasteiger partial charge in [-0.05, 0) is 50.1 Å². The number of aromatic nitrogens is 3. The van der Waals surface area contributed by atoms with Crippen LogP contribution in [0.5, 0.6) is 11.5 Å². The number of aliphatic hydroxyl groups is 1. The Labute approximate surface area is 170 Å². The molecule has 1 atom stereocenters. The number of aryl methyl sites for hydroxylation is 1. The third kappa shape index (κ3) is 3.89. The van der Waals surface area contributed by atoms with Crippen molar-refractivity contribution in [3.05, 3.63) is 71.3 Å². The maximum absolute atomic E-state index is 11.3. The van der Waals surface area contributed by atoms with Crippen LogP contribution in [0.25, 0.3) is 11.8 Å². The molecule has 1 N–H and O–H groups in total. The number of rotatable bonds is 5. The Kier molecular flexibility index (Phi) is 4.88. The molecule has 0 saturated carbocycles. The molecule has 1 unspecified atom stereocenters. The van der Waals surface area contributed by atoms with Crippen molar-refractivity contribution in [2.24, 2.45) is 0 Å². The lowest BCUT2D eigenvalue weighted by atomic mass is 9.96. The SMILES string of the molecule is COc1cc(C(O)C(=Cc2ccc(C)cc2)n2cncn2)cc2c1OC(C)(C)C2. The molecule has 0 aliphatic carbocycles. The molecule has 6 heteroatoms. The Hall–Kier alpha value is -3.12. The van der Waals surface area contributed by atoms with E-state index in [-0.39, 0.29) is 5.60 Å². The van der Waals surface area contributed by atoms with Gasteiger partial charge in [-0.2, -0.15) is 5.10 Å². The average molecular weight is 391 g/mol. The van der Waals surface area contributed by atoms with Gasteiger partial charge in [-0.25, -0.2) is 9.67 Å². The molecule has 0 radical (unpaired) electrons. The fourth-order valence-corrected chi connectivity index (χ4v) is 3.63.